The molecule has 1 amide bonds. The van der Waals surface area contributed by atoms with Crippen molar-refractivity contribution in [1.29, 1.82) is 0 Å². The van der Waals surface area contributed by atoms with E-state index in [0.717, 1.165) is 10.9 Å². The summed E-state index contributed by atoms with van der Waals surface area (Å²) in [5, 5.41) is 0.898. The lowest BCUT2D eigenvalue weighted by atomic mass is 10.1. The number of aromatic nitrogens is 1. The van der Waals surface area contributed by atoms with E-state index in [1.165, 1.54) is 0 Å². The van der Waals surface area contributed by atoms with Gasteiger partial charge in [-0.25, -0.2) is 4.98 Å². The highest BCUT2D eigenvalue weighted by Crippen LogP contribution is 2.14. The van der Waals surface area contributed by atoms with Crippen LogP contribution in [0, 0.1) is 13.0 Å². The number of carbonyl (C=O) groups excluding carboxylic acids is 1. The summed E-state index contributed by atoms with van der Waals surface area (Å²) in [6.45, 7) is 1.78. The number of primary amides is 1. The number of amides is 1. The molecule has 0 spiro atoms. The van der Waals surface area contributed by atoms with Crippen LogP contribution in [-0.2, 0) is 0 Å². The zero-order chi connectivity index (χ0) is 10.1. The second-order valence-corrected chi connectivity index (χ2v) is 3.09. The summed E-state index contributed by atoms with van der Waals surface area (Å²) in [6, 6.07) is 10.6. The monoisotopic (exact) mass is 185 g/mol. The average molecular weight is 185 g/mol. The van der Waals surface area contributed by atoms with Crippen molar-refractivity contribution in [2.24, 2.45) is 5.73 Å². The minimum Gasteiger partial charge on any atom is -0.364 e. The van der Waals surface area contributed by atoms with Gasteiger partial charge in [-0.2, -0.15) is 0 Å². The number of aryl methyl sites for hydroxylation is 1. The van der Waals surface area contributed by atoms with Gasteiger partial charge in [0.25, 0.3) is 5.91 Å². The highest BCUT2D eigenvalue weighted by atomic mass is 16.1. The van der Waals surface area contributed by atoms with Gasteiger partial charge in [0.05, 0.1) is 5.52 Å². The smallest absolute Gasteiger partial charge is 0.267 e. The van der Waals surface area contributed by atoms with Crippen LogP contribution < -0.4 is 5.73 Å². The van der Waals surface area contributed by atoms with Crippen molar-refractivity contribution in [2.75, 3.05) is 0 Å². The highest BCUT2D eigenvalue weighted by molar-refractivity contribution is 5.95. The molecule has 1 radical (unpaired) electrons. The lowest BCUT2D eigenvalue weighted by Gasteiger charge is -2.02. The Morgan fingerprint density at radius 1 is 1.43 bits per heavy atom. The van der Waals surface area contributed by atoms with E-state index in [2.05, 4.69) is 11.1 Å². The summed E-state index contributed by atoms with van der Waals surface area (Å²) in [4.78, 5) is 15.2. The van der Waals surface area contributed by atoms with Crippen molar-refractivity contribution < 1.29 is 4.79 Å². The average Bonchev–Trinajstić information content (AvgIpc) is 2.16. The molecule has 0 aliphatic carbocycles. The Balaban J connectivity index is 2.77. The summed E-state index contributed by atoms with van der Waals surface area (Å²) < 4.78 is 0. The van der Waals surface area contributed by atoms with Gasteiger partial charge in [-0.05, 0) is 24.6 Å². The Morgan fingerprint density at radius 3 is 2.86 bits per heavy atom. The quantitative estimate of drug-likeness (QED) is 0.730. The van der Waals surface area contributed by atoms with Crippen LogP contribution in [0.3, 0.4) is 0 Å². The number of nitrogens with zero attached hydrogens (tertiary/aromatic N) is 1. The third-order valence-electron chi connectivity index (χ3n) is 2.05. The molecule has 0 atom stereocenters. The second kappa shape index (κ2) is 3.10. The number of para-hydroxylation sites is 1. The van der Waals surface area contributed by atoms with E-state index < -0.39 is 5.91 Å². The van der Waals surface area contributed by atoms with Crippen molar-refractivity contribution >= 4 is 16.8 Å². The molecule has 3 heteroatoms. The third kappa shape index (κ3) is 1.33. The molecule has 0 fully saturated rings. The lowest BCUT2D eigenvalue weighted by molar-refractivity contribution is 0.0995. The van der Waals surface area contributed by atoms with Gasteiger partial charge in [0.2, 0.25) is 0 Å². The summed E-state index contributed by atoms with van der Waals surface area (Å²) in [6.07, 6.45) is 0. The minimum absolute atomic E-state index is 0.295. The van der Waals surface area contributed by atoms with Crippen molar-refractivity contribution in [1.82, 2.24) is 4.98 Å². The number of benzene rings is 1. The van der Waals surface area contributed by atoms with Gasteiger partial charge in [-0.15, -0.1) is 0 Å². The van der Waals surface area contributed by atoms with Crippen LogP contribution in [-0.4, -0.2) is 10.9 Å². The molecule has 0 aliphatic rings. The second-order valence-electron chi connectivity index (χ2n) is 3.09. The minimum atomic E-state index is -0.510. The molecule has 2 N–H and O–H groups in total. The van der Waals surface area contributed by atoms with Crippen LogP contribution in [0.4, 0.5) is 0 Å². The Bertz CT molecular complexity index is 506. The number of hydrogen-bond donors (Lipinski definition) is 1. The molecule has 3 nitrogen and oxygen atoms in total. The number of hydrogen-bond acceptors (Lipinski definition) is 2. The maximum absolute atomic E-state index is 11.0. The molecule has 69 valence electrons. The van der Waals surface area contributed by atoms with E-state index in [1.54, 1.807) is 6.92 Å². The first-order valence-corrected chi connectivity index (χ1v) is 4.27. The molecule has 1 aromatic carbocycles. The van der Waals surface area contributed by atoms with Gasteiger partial charge < -0.3 is 5.73 Å². The molecule has 0 aliphatic heterocycles. The molecule has 0 saturated heterocycles. The molecule has 2 aromatic rings. The Hall–Kier alpha value is -1.90. The van der Waals surface area contributed by atoms with E-state index in [-0.39, 0.29) is 0 Å². The largest absolute Gasteiger partial charge is 0.364 e. The topological polar surface area (TPSA) is 56.0 Å². The van der Waals surface area contributed by atoms with Gasteiger partial charge in [0.1, 0.15) is 5.69 Å². The molecular formula is C11H9N2O. The number of fused-ring (bicyclic) bond motifs is 1. The maximum atomic E-state index is 11.0. The first-order chi connectivity index (χ1) is 6.68. The third-order valence-corrected chi connectivity index (χ3v) is 2.05. The van der Waals surface area contributed by atoms with Crippen LogP contribution in [0.25, 0.3) is 10.9 Å². The molecule has 2 rings (SSSR count). The molecule has 0 saturated carbocycles. The van der Waals surface area contributed by atoms with Gasteiger partial charge in [-0.1, -0.05) is 18.2 Å². The van der Waals surface area contributed by atoms with Crippen molar-refractivity contribution in [3.8, 4) is 0 Å². The summed E-state index contributed by atoms with van der Waals surface area (Å²) in [5.41, 5.74) is 6.91. The maximum Gasteiger partial charge on any atom is 0.267 e. The van der Waals surface area contributed by atoms with Crippen LogP contribution >= 0.6 is 0 Å². The first kappa shape index (κ1) is 8.69. The number of carbonyl (C=O) groups is 1. The number of nitrogens with two attached hydrogens (primary N) is 1. The number of pyridine rings is 1. The fourth-order valence-corrected chi connectivity index (χ4v) is 1.38. The summed E-state index contributed by atoms with van der Waals surface area (Å²) >= 11 is 0. The summed E-state index contributed by atoms with van der Waals surface area (Å²) in [7, 11) is 0. The SMILES string of the molecule is Cc1[c]c2ccccc2nc1C(N)=O. The van der Waals surface area contributed by atoms with Crippen LogP contribution in [0.5, 0.6) is 0 Å². The molecule has 14 heavy (non-hydrogen) atoms. The predicted octanol–water partition coefficient (Wildman–Crippen LogP) is 1.44. The van der Waals surface area contributed by atoms with Crippen molar-refractivity contribution in [2.45, 2.75) is 6.92 Å². The predicted molar refractivity (Wildman–Crippen MR) is 53.8 cm³/mol. The van der Waals surface area contributed by atoms with Crippen molar-refractivity contribution in [3.05, 3.63) is 41.6 Å². The fraction of sp³-hybridized carbons (Fsp3) is 0.0909. The molecule has 1 heterocycles. The van der Waals surface area contributed by atoms with Gasteiger partial charge in [0.15, 0.2) is 0 Å². The molecule has 1 aromatic heterocycles. The zero-order valence-electron chi connectivity index (χ0n) is 7.74. The molecular weight excluding hydrogens is 176 g/mol. The summed E-state index contributed by atoms with van der Waals surface area (Å²) in [5.74, 6) is -0.510. The molecule has 0 bridgehead atoms. The lowest BCUT2D eigenvalue weighted by Crippen LogP contribution is -2.14. The Labute approximate surface area is 81.6 Å². The highest BCUT2D eigenvalue weighted by Gasteiger charge is 2.07. The van der Waals surface area contributed by atoms with E-state index in [9.17, 15) is 4.79 Å². The van der Waals surface area contributed by atoms with Crippen LogP contribution in [0.2, 0.25) is 0 Å². The van der Waals surface area contributed by atoms with E-state index in [4.69, 9.17) is 5.73 Å². The normalized spacial score (nSPS) is 10.4. The van der Waals surface area contributed by atoms with Crippen molar-refractivity contribution in [3.63, 3.8) is 0 Å². The van der Waals surface area contributed by atoms with E-state index in [1.807, 2.05) is 24.3 Å². The molecule has 0 unspecified atom stereocenters. The zero-order valence-corrected chi connectivity index (χ0v) is 7.74. The van der Waals surface area contributed by atoms with E-state index >= 15 is 0 Å². The van der Waals surface area contributed by atoms with Gasteiger partial charge in [0, 0.05) is 5.39 Å². The standard InChI is InChI=1S/C11H9N2O/c1-7-6-8-4-2-3-5-9(8)13-10(7)11(12)14/h2-5H,1H3,(H2,12,14). The van der Waals surface area contributed by atoms with Gasteiger partial charge in [-0.3, -0.25) is 4.79 Å². The Morgan fingerprint density at radius 2 is 2.14 bits per heavy atom. The fourth-order valence-electron chi connectivity index (χ4n) is 1.38. The van der Waals surface area contributed by atoms with Crippen LogP contribution in [0.15, 0.2) is 24.3 Å². The van der Waals surface area contributed by atoms with Crippen LogP contribution in [0.1, 0.15) is 16.1 Å². The van der Waals surface area contributed by atoms with E-state index in [0.29, 0.717) is 11.3 Å². The number of rotatable bonds is 1. The first-order valence-electron chi connectivity index (χ1n) is 4.27. The Kier molecular flexibility index (Phi) is 1.93. The van der Waals surface area contributed by atoms with Gasteiger partial charge >= 0.3 is 0 Å².